The highest BCUT2D eigenvalue weighted by molar-refractivity contribution is 7.91. The number of sulfone groups is 1. The second-order valence-electron chi connectivity index (χ2n) is 13.7. The zero-order chi connectivity index (χ0) is 37.8. The van der Waals surface area contributed by atoms with E-state index in [9.17, 15) is 8.42 Å². The van der Waals surface area contributed by atoms with Crippen LogP contribution in [0.4, 0.5) is 5.69 Å². The molecule has 3 heterocycles. The third kappa shape index (κ3) is 10.2. The molecule has 13 nitrogen and oxygen atoms in total. The summed E-state index contributed by atoms with van der Waals surface area (Å²) < 4.78 is 67.0. The number of piperidine rings is 1. The van der Waals surface area contributed by atoms with Crippen LogP contribution < -0.4 is 15.0 Å². The summed E-state index contributed by atoms with van der Waals surface area (Å²) in [4.78, 5) is 6.46. The lowest BCUT2D eigenvalue weighted by atomic mass is 9.85. The van der Waals surface area contributed by atoms with Crippen LogP contribution in [0.2, 0.25) is 0 Å². The van der Waals surface area contributed by atoms with Crippen LogP contribution >= 0.6 is 0 Å². The summed E-state index contributed by atoms with van der Waals surface area (Å²) in [6.07, 6.45) is 3.92. The molecule has 1 aromatic heterocycles. The first kappa shape index (κ1) is 39.8. The number of hydrogen-bond donors (Lipinski definition) is 1. The fourth-order valence-electron chi connectivity index (χ4n) is 6.97. The summed E-state index contributed by atoms with van der Waals surface area (Å²) in [5.74, 6) is 0.444. The van der Waals surface area contributed by atoms with Crippen LogP contribution in [0.3, 0.4) is 0 Å². The van der Waals surface area contributed by atoms with Gasteiger partial charge in [-0.05, 0) is 60.7 Å². The third-order valence-corrected chi connectivity index (χ3v) is 11.7. The number of benzene rings is 3. The Morgan fingerprint density at radius 3 is 2.44 bits per heavy atom. The Labute approximate surface area is 318 Å². The maximum absolute atomic E-state index is 14.7. The zero-order valence-corrected chi connectivity index (χ0v) is 32.3. The van der Waals surface area contributed by atoms with Crippen LogP contribution in [0.1, 0.15) is 46.4 Å². The molecule has 14 heteroatoms. The standard InChI is InChI=1S/C40H53N5O8S/c1-30-6-13-34(14-7-30)54(46,47)40(33-12-15-36-35(24-33)44(18-21-52-36)16-4-19-48-2)53-38-26-41-25-37(51-20-5-17-45-29-42-28-43-45)39(38)32-10-8-31(9-11-32)27-50-23-22-49-3/h6-15,24,28-29,37-41H,4-5,16-23,25-27H2,1-3H3/t37-,38+,39+,40?/m1/s1. The Morgan fingerprint density at radius 1 is 0.907 bits per heavy atom. The second-order valence-corrected chi connectivity index (χ2v) is 15.7. The molecule has 1 saturated heterocycles. The van der Waals surface area contributed by atoms with Gasteiger partial charge in [0.15, 0.2) is 5.44 Å². The van der Waals surface area contributed by atoms with Crippen LogP contribution in [0.15, 0.2) is 84.3 Å². The molecule has 0 spiro atoms. The molecule has 2 aliphatic rings. The van der Waals surface area contributed by atoms with Crippen molar-refractivity contribution in [2.24, 2.45) is 0 Å². The van der Waals surface area contributed by atoms with E-state index >= 15 is 0 Å². The Kier molecular flexibility index (Phi) is 14.5. The highest BCUT2D eigenvalue weighted by Gasteiger charge is 2.41. The third-order valence-electron chi connectivity index (χ3n) is 9.81. The molecular weight excluding hydrogens is 711 g/mol. The number of methoxy groups -OCH3 is 2. The van der Waals surface area contributed by atoms with E-state index in [2.05, 4.69) is 32.4 Å². The molecule has 0 saturated carbocycles. The van der Waals surface area contributed by atoms with Crippen molar-refractivity contribution in [1.29, 1.82) is 0 Å². The van der Waals surface area contributed by atoms with E-state index < -0.39 is 21.4 Å². The van der Waals surface area contributed by atoms with Crippen molar-refractivity contribution in [3.05, 3.63) is 102 Å². The second kappa shape index (κ2) is 19.6. The van der Waals surface area contributed by atoms with Gasteiger partial charge in [-0.2, -0.15) is 5.10 Å². The lowest BCUT2D eigenvalue weighted by molar-refractivity contribution is -0.0649. The summed E-state index contributed by atoms with van der Waals surface area (Å²) in [7, 11) is -0.694. The Bertz CT molecular complexity index is 1830. The minimum Gasteiger partial charge on any atom is -0.490 e. The van der Waals surface area contributed by atoms with Gasteiger partial charge in [-0.1, -0.05) is 48.0 Å². The first-order chi connectivity index (χ1) is 26.4. The van der Waals surface area contributed by atoms with Gasteiger partial charge in [0.2, 0.25) is 9.84 Å². The summed E-state index contributed by atoms with van der Waals surface area (Å²) in [5, 5.41) is 7.69. The molecule has 6 rings (SSSR count). The number of rotatable bonds is 20. The van der Waals surface area contributed by atoms with Gasteiger partial charge in [0, 0.05) is 59.5 Å². The van der Waals surface area contributed by atoms with Crippen molar-refractivity contribution in [3.63, 3.8) is 0 Å². The fraction of sp³-hybridized carbons (Fsp3) is 0.500. The summed E-state index contributed by atoms with van der Waals surface area (Å²) in [6.45, 7) is 8.21. The quantitative estimate of drug-likeness (QED) is 0.125. The van der Waals surface area contributed by atoms with Crippen molar-refractivity contribution >= 4 is 15.5 Å². The van der Waals surface area contributed by atoms with Gasteiger partial charge >= 0.3 is 0 Å². The molecule has 0 amide bonds. The van der Waals surface area contributed by atoms with Gasteiger partial charge in [0.1, 0.15) is 25.0 Å². The molecule has 2 aliphatic heterocycles. The molecule has 4 atom stereocenters. The summed E-state index contributed by atoms with van der Waals surface area (Å²) in [5.41, 5.74) is 3.07. The summed E-state index contributed by atoms with van der Waals surface area (Å²) >= 11 is 0. The largest absolute Gasteiger partial charge is 0.490 e. The predicted molar refractivity (Wildman–Crippen MR) is 205 cm³/mol. The first-order valence-corrected chi connectivity index (χ1v) is 20.2. The lowest BCUT2D eigenvalue weighted by Crippen LogP contribution is -2.51. The van der Waals surface area contributed by atoms with E-state index in [1.807, 2.05) is 49.4 Å². The van der Waals surface area contributed by atoms with Gasteiger partial charge in [-0.15, -0.1) is 0 Å². The Hall–Kier alpha value is -3.89. The van der Waals surface area contributed by atoms with Gasteiger partial charge < -0.3 is 38.6 Å². The number of hydrogen-bond acceptors (Lipinski definition) is 12. The number of ether oxygens (including phenoxy) is 6. The number of nitrogens with zero attached hydrogens (tertiary/aromatic N) is 4. The fourth-order valence-corrected chi connectivity index (χ4v) is 8.53. The van der Waals surface area contributed by atoms with Crippen LogP contribution in [0, 0.1) is 6.92 Å². The average molecular weight is 764 g/mol. The molecule has 292 valence electrons. The van der Waals surface area contributed by atoms with Crippen LogP contribution in [-0.4, -0.2) is 109 Å². The highest BCUT2D eigenvalue weighted by Crippen LogP contribution is 2.41. The highest BCUT2D eigenvalue weighted by atomic mass is 32.2. The van der Waals surface area contributed by atoms with Gasteiger partial charge in [0.25, 0.3) is 0 Å². The number of fused-ring (bicyclic) bond motifs is 1. The number of nitrogens with one attached hydrogen (secondary N) is 1. The van der Waals surface area contributed by atoms with Gasteiger partial charge in [-0.3, -0.25) is 4.68 Å². The molecular formula is C40H53N5O8S. The van der Waals surface area contributed by atoms with Crippen LogP contribution in [0.25, 0.3) is 0 Å². The average Bonchev–Trinajstić information content (AvgIpc) is 3.71. The van der Waals surface area contributed by atoms with E-state index in [0.717, 1.165) is 47.5 Å². The molecule has 4 aromatic rings. The minimum absolute atomic E-state index is 0.197. The smallest absolute Gasteiger partial charge is 0.209 e. The van der Waals surface area contributed by atoms with E-state index in [1.54, 1.807) is 37.4 Å². The zero-order valence-electron chi connectivity index (χ0n) is 31.5. The van der Waals surface area contributed by atoms with Crippen molar-refractivity contribution in [2.45, 2.75) is 61.4 Å². The topological polar surface area (TPSA) is 136 Å². The predicted octanol–water partition coefficient (Wildman–Crippen LogP) is 4.71. The van der Waals surface area contributed by atoms with Gasteiger partial charge in [-0.25, -0.2) is 13.4 Å². The van der Waals surface area contributed by atoms with Crippen LogP contribution in [0.5, 0.6) is 5.75 Å². The molecule has 0 bridgehead atoms. The minimum atomic E-state index is -4.04. The SMILES string of the molecule is COCCCN1CCOc2ccc(C(O[C@H]3CNC[C@@H](OCCCn4cncn4)[C@@H]3c3ccc(COCCOC)cc3)S(=O)(=O)c3ccc(C)cc3)cc21. The molecule has 1 fully saturated rings. The monoisotopic (exact) mass is 763 g/mol. The maximum Gasteiger partial charge on any atom is 0.209 e. The van der Waals surface area contributed by atoms with Crippen molar-refractivity contribution in [3.8, 4) is 5.75 Å². The molecule has 1 N–H and O–H groups in total. The van der Waals surface area contributed by atoms with Crippen molar-refractivity contribution in [1.82, 2.24) is 20.1 Å². The molecule has 3 aromatic carbocycles. The molecule has 0 aliphatic carbocycles. The number of anilines is 1. The molecule has 54 heavy (non-hydrogen) atoms. The van der Waals surface area contributed by atoms with E-state index in [4.69, 9.17) is 28.4 Å². The Morgan fingerprint density at radius 2 is 1.69 bits per heavy atom. The van der Waals surface area contributed by atoms with Crippen molar-refractivity contribution < 1.29 is 36.8 Å². The van der Waals surface area contributed by atoms with Crippen LogP contribution in [-0.2, 0) is 46.7 Å². The normalized spacial score (nSPS) is 19.3. The number of aromatic nitrogens is 3. The molecule has 0 radical (unpaired) electrons. The first-order valence-electron chi connectivity index (χ1n) is 18.6. The van der Waals surface area contributed by atoms with E-state index in [0.29, 0.717) is 71.4 Å². The maximum atomic E-state index is 14.7. The molecule has 1 unspecified atom stereocenters. The lowest BCUT2D eigenvalue weighted by Gasteiger charge is -2.40. The Balaban J connectivity index is 1.32. The van der Waals surface area contributed by atoms with Gasteiger partial charge in [0.05, 0.1) is 49.2 Å². The van der Waals surface area contributed by atoms with E-state index in [1.165, 1.54) is 6.33 Å². The van der Waals surface area contributed by atoms with Crippen molar-refractivity contribution in [2.75, 3.05) is 78.3 Å². The van der Waals surface area contributed by atoms with E-state index in [-0.39, 0.29) is 16.9 Å². The summed E-state index contributed by atoms with van der Waals surface area (Å²) in [6, 6.07) is 20.8. The number of aryl methyl sites for hydroxylation is 2.